The van der Waals surface area contributed by atoms with Crippen molar-refractivity contribution in [3.05, 3.63) is 35.5 Å². The van der Waals surface area contributed by atoms with E-state index in [0.29, 0.717) is 18.8 Å². The predicted octanol–water partition coefficient (Wildman–Crippen LogP) is -0.0662. The number of fused-ring (bicyclic) bond motifs is 1. The molecule has 0 aromatic heterocycles. The lowest BCUT2D eigenvalue weighted by Gasteiger charge is -2.27. The van der Waals surface area contributed by atoms with Gasteiger partial charge in [-0.1, -0.05) is 6.07 Å². The van der Waals surface area contributed by atoms with Crippen molar-refractivity contribution in [3.63, 3.8) is 0 Å². The summed E-state index contributed by atoms with van der Waals surface area (Å²) in [5, 5.41) is 18.3. The third-order valence-electron chi connectivity index (χ3n) is 4.28. The van der Waals surface area contributed by atoms with E-state index in [0.717, 1.165) is 44.0 Å². The molecule has 138 valence electrons. The standard InChI is InChI=1S/C18H23N5O3/c19-10-15(18(24)22-5-8-23-6-3-20-4-7-23)12-21-11-14-1-2-16-17(9-14)26-13-25-16/h1-2,9,12,20-21H,3-8,11,13H2,(H,22,24)/b15-12-. The van der Waals surface area contributed by atoms with Crippen LogP contribution in [-0.4, -0.2) is 56.9 Å². The van der Waals surface area contributed by atoms with Gasteiger partial charge in [0, 0.05) is 52.0 Å². The average molecular weight is 357 g/mol. The summed E-state index contributed by atoms with van der Waals surface area (Å²) in [6, 6.07) is 7.57. The number of carbonyl (C=O) groups excluding carboxylic acids is 1. The van der Waals surface area contributed by atoms with Crippen molar-refractivity contribution in [2.45, 2.75) is 6.54 Å². The van der Waals surface area contributed by atoms with Crippen LogP contribution in [0.15, 0.2) is 30.0 Å². The molecular weight excluding hydrogens is 334 g/mol. The maximum absolute atomic E-state index is 12.1. The highest BCUT2D eigenvalue weighted by Gasteiger charge is 2.14. The van der Waals surface area contributed by atoms with Crippen LogP contribution in [0.4, 0.5) is 0 Å². The molecule has 1 aromatic carbocycles. The van der Waals surface area contributed by atoms with Crippen molar-refractivity contribution in [1.29, 1.82) is 5.26 Å². The Labute approximate surface area is 152 Å². The van der Waals surface area contributed by atoms with Crippen LogP contribution < -0.4 is 25.4 Å². The first-order chi connectivity index (χ1) is 12.8. The zero-order chi connectivity index (χ0) is 18.2. The molecule has 8 heteroatoms. The number of nitriles is 1. The first kappa shape index (κ1) is 18.0. The van der Waals surface area contributed by atoms with Crippen LogP contribution in [0.5, 0.6) is 11.5 Å². The number of nitrogens with zero attached hydrogens (tertiary/aromatic N) is 2. The van der Waals surface area contributed by atoms with Crippen LogP contribution in [0, 0.1) is 11.3 Å². The van der Waals surface area contributed by atoms with Crippen molar-refractivity contribution >= 4 is 5.91 Å². The van der Waals surface area contributed by atoms with E-state index in [2.05, 4.69) is 20.9 Å². The van der Waals surface area contributed by atoms with Gasteiger partial charge in [-0.25, -0.2) is 0 Å². The Hall–Kier alpha value is -2.76. The second-order valence-electron chi connectivity index (χ2n) is 6.09. The smallest absolute Gasteiger partial charge is 0.263 e. The van der Waals surface area contributed by atoms with Gasteiger partial charge < -0.3 is 25.4 Å². The first-order valence-corrected chi connectivity index (χ1v) is 8.70. The SMILES string of the molecule is N#C/C(=C/NCc1ccc2c(c1)OCO2)C(=O)NCCN1CCNCC1. The molecular formula is C18H23N5O3. The van der Waals surface area contributed by atoms with E-state index in [1.807, 2.05) is 24.3 Å². The normalized spacial score (nSPS) is 16.8. The second kappa shape index (κ2) is 9.08. The number of piperazine rings is 1. The number of amides is 1. The first-order valence-electron chi connectivity index (χ1n) is 8.70. The van der Waals surface area contributed by atoms with E-state index in [1.165, 1.54) is 6.20 Å². The lowest BCUT2D eigenvalue weighted by atomic mass is 10.2. The van der Waals surface area contributed by atoms with Gasteiger partial charge in [0.1, 0.15) is 11.6 Å². The van der Waals surface area contributed by atoms with Crippen molar-refractivity contribution in [3.8, 4) is 17.6 Å². The Balaban J connectivity index is 1.43. The summed E-state index contributed by atoms with van der Waals surface area (Å²) in [5.74, 6) is 1.08. The molecule has 0 atom stereocenters. The van der Waals surface area contributed by atoms with E-state index in [-0.39, 0.29) is 18.3 Å². The van der Waals surface area contributed by atoms with Gasteiger partial charge >= 0.3 is 0 Å². The van der Waals surface area contributed by atoms with E-state index in [1.54, 1.807) is 0 Å². The van der Waals surface area contributed by atoms with E-state index < -0.39 is 0 Å². The van der Waals surface area contributed by atoms with Crippen LogP contribution in [-0.2, 0) is 11.3 Å². The summed E-state index contributed by atoms with van der Waals surface area (Å²) >= 11 is 0. The summed E-state index contributed by atoms with van der Waals surface area (Å²) in [7, 11) is 0. The lowest BCUT2D eigenvalue weighted by Crippen LogP contribution is -2.46. The topological polar surface area (TPSA) is 98.6 Å². The zero-order valence-corrected chi connectivity index (χ0v) is 14.6. The van der Waals surface area contributed by atoms with E-state index >= 15 is 0 Å². The van der Waals surface area contributed by atoms with Gasteiger partial charge in [-0.3, -0.25) is 9.69 Å². The van der Waals surface area contributed by atoms with Crippen molar-refractivity contribution in [2.24, 2.45) is 0 Å². The molecule has 0 unspecified atom stereocenters. The summed E-state index contributed by atoms with van der Waals surface area (Å²) in [6.45, 7) is 5.94. The third kappa shape index (κ3) is 4.88. The predicted molar refractivity (Wildman–Crippen MR) is 95.4 cm³/mol. The summed E-state index contributed by atoms with van der Waals surface area (Å²) in [6.07, 6.45) is 1.45. The molecule has 3 rings (SSSR count). The minimum Gasteiger partial charge on any atom is -0.454 e. The molecule has 1 amide bonds. The number of carbonyl (C=O) groups is 1. The lowest BCUT2D eigenvalue weighted by molar-refractivity contribution is -0.117. The molecule has 3 N–H and O–H groups in total. The fourth-order valence-corrected chi connectivity index (χ4v) is 2.83. The van der Waals surface area contributed by atoms with Gasteiger partial charge in [-0.05, 0) is 17.7 Å². The molecule has 1 aromatic rings. The molecule has 8 nitrogen and oxygen atoms in total. The molecule has 0 spiro atoms. The Morgan fingerprint density at radius 2 is 2.12 bits per heavy atom. The Bertz CT molecular complexity index is 707. The summed E-state index contributed by atoms with van der Waals surface area (Å²) < 4.78 is 10.6. The van der Waals surface area contributed by atoms with Gasteiger partial charge in [-0.2, -0.15) is 5.26 Å². The van der Waals surface area contributed by atoms with E-state index in [4.69, 9.17) is 9.47 Å². The monoisotopic (exact) mass is 357 g/mol. The number of ether oxygens (including phenoxy) is 2. The number of rotatable bonds is 7. The molecule has 2 aliphatic rings. The van der Waals surface area contributed by atoms with Crippen LogP contribution >= 0.6 is 0 Å². The van der Waals surface area contributed by atoms with Crippen LogP contribution in [0.25, 0.3) is 0 Å². The highest BCUT2D eigenvalue weighted by molar-refractivity contribution is 5.97. The molecule has 26 heavy (non-hydrogen) atoms. The quantitative estimate of drug-likeness (QED) is 0.464. The molecule has 0 bridgehead atoms. The third-order valence-corrected chi connectivity index (χ3v) is 4.28. The summed E-state index contributed by atoms with van der Waals surface area (Å²) in [5.41, 5.74) is 1.04. The number of benzene rings is 1. The van der Waals surface area contributed by atoms with E-state index in [9.17, 15) is 10.1 Å². The highest BCUT2D eigenvalue weighted by Crippen LogP contribution is 2.32. The molecule has 0 radical (unpaired) electrons. The van der Waals surface area contributed by atoms with Gasteiger partial charge in [0.25, 0.3) is 5.91 Å². The highest BCUT2D eigenvalue weighted by atomic mass is 16.7. The maximum Gasteiger partial charge on any atom is 0.263 e. The average Bonchev–Trinajstić information content (AvgIpc) is 3.14. The second-order valence-corrected chi connectivity index (χ2v) is 6.09. The van der Waals surface area contributed by atoms with Gasteiger partial charge in [0.05, 0.1) is 0 Å². The Morgan fingerprint density at radius 1 is 1.31 bits per heavy atom. The van der Waals surface area contributed by atoms with Crippen molar-refractivity contribution in [1.82, 2.24) is 20.9 Å². The Morgan fingerprint density at radius 3 is 2.92 bits per heavy atom. The molecule has 0 aliphatic carbocycles. The fraction of sp³-hybridized carbons (Fsp3) is 0.444. The molecule has 1 saturated heterocycles. The van der Waals surface area contributed by atoms with Crippen LogP contribution in [0.1, 0.15) is 5.56 Å². The molecule has 2 heterocycles. The Kier molecular flexibility index (Phi) is 6.30. The number of nitrogens with one attached hydrogen (secondary N) is 3. The minimum atomic E-state index is -0.360. The largest absolute Gasteiger partial charge is 0.454 e. The maximum atomic E-state index is 12.1. The molecule has 0 saturated carbocycles. The van der Waals surface area contributed by atoms with Crippen molar-refractivity contribution < 1.29 is 14.3 Å². The van der Waals surface area contributed by atoms with Crippen LogP contribution in [0.3, 0.4) is 0 Å². The van der Waals surface area contributed by atoms with Gasteiger partial charge in [-0.15, -0.1) is 0 Å². The number of hydrogen-bond donors (Lipinski definition) is 3. The van der Waals surface area contributed by atoms with Crippen molar-refractivity contribution in [2.75, 3.05) is 46.1 Å². The zero-order valence-electron chi connectivity index (χ0n) is 14.6. The number of hydrogen-bond acceptors (Lipinski definition) is 7. The minimum absolute atomic E-state index is 0.0612. The summed E-state index contributed by atoms with van der Waals surface area (Å²) in [4.78, 5) is 14.4. The van der Waals surface area contributed by atoms with Crippen LogP contribution in [0.2, 0.25) is 0 Å². The van der Waals surface area contributed by atoms with Gasteiger partial charge in [0.15, 0.2) is 11.5 Å². The molecule has 1 fully saturated rings. The fourth-order valence-electron chi connectivity index (χ4n) is 2.83. The van der Waals surface area contributed by atoms with Gasteiger partial charge in [0.2, 0.25) is 6.79 Å². The molecule has 2 aliphatic heterocycles.